The summed E-state index contributed by atoms with van der Waals surface area (Å²) in [5.74, 6) is -2.78. The molecule has 25 heavy (non-hydrogen) atoms. The van der Waals surface area contributed by atoms with E-state index in [-0.39, 0.29) is 6.42 Å². The average Bonchev–Trinajstić information content (AvgIpc) is 2.46. The number of aliphatic carboxylic acids is 1. The number of carboxylic acids is 1. The van der Waals surface area contributed by atoms with Crippen LogP contribution < -0.4 is 11.1 Å². The van der Waals surface area contributed by atoms with Crippen molar-refractivity contribution in [1.82, 2.24) is 5.32 Å². The first-order valence-corrected chi connectivity index (χ1v) is 10.1. The Morgan fingerprint density at radius 2 is 1.88 bits per heavy atom. The summed E-state index contributed by atoms with van der Waals surface area (Å²) in [6.07, 6.45) is -1.29. The molecule has 0 aliphatic rings. The molecule has 0 aliphatic carbocycles. The standard InChI is InChI=1S/C15H22BrN2O6P/c1-9(15(20)21)18-14(19)12(8-25(22,23)24-10(2)17)7-11-3-5-13(16)6-4-11/h3-6,9-10,12H,7-8,17H2,1-2H3,(H,18,19)(H,20,21)(H,22,23). The molecule has 1 aromatic rings. The molecule has 0 spiro atoms. The number of nitrogens with two attached hydrogens (primary N) is 1. The van der Waals surface area contributed by atoms with Crippen LogP contribution in [0.25, 0.3) is 0 Å². The SMILES string of the molecule is CC(N)OP(=O)(O)CC(Cc1ccc(Br)cc1)C(=O)NC(C)C(=O)O. The lowest BCUT2D eigenvalue weighted by molar-refractivity contribution is -0.141. The number of nitrogens with one attached hydrogen (secondary N) is 1. The van der Waals surface area contributed by atoms with E-state index in [1.165, 1.54) is 13.8 Å². The van der Waals surface area contributed by atoms with Crippen molar-refractivity contribution >= 4 is 35.4 Å². The molecule has 0 heterocycles. The first kappa shape index (κ1) is 21.8. The van der Waals surface area contributed by atoms with E-state index in [9.17, 15) is 19.0 Å². The predicted octanol–water partition coefficient (Wildman–Crippen LogP) is 1.70. The van der Waals surface area contributed by atoms with Crippen molar-refractivity contribution in [3.8, 4) is 0 Å². The summed E-state index contributed by atoms with van der Waals surface area (Å²) in [7, 11) is -4.11. The maximum absolute atomic E-state index is 12.4. The molecule has 5 N–H and O–H groups in total. The zero-order valence-electron chi connectivity index (χ0n) is 13.9. The minimum Gasteiger partial charge on any atom is -0.480 e. The number of amides is 1. The van der Waals surface area contributed by atoms with E-state index in [1.807, 2.05) is 0 Å². The van der Waals surface area contributed by atoms with E-state index < -0.39 is 43.8 Å². The van der Waals surface area contributed by atoms with Crippen molar-refractivity contribution in [2.24, 2.45) is 11.7 Å². The number of carboxylic acid groups (broad SMARTS) is 1. The van der Waals surface area contributed by atoms with Crippen molar-refractivity contribution in [2.45, 2.75) is 32.5 Å². The normalized spacial score (nSPS) is 17.2. The largest absolute Gasteiger partial charge is 0.480 e. The maximum atomic E-state index is 12.4. The molecule has 0 bridgehead atoms. The van der Waals surface area contributed by atoms with Gasteiger partial charge in [-0.3, -0.25) is 18.7 Å². The molecule has 1 amide bonds. The molecule has 1 aromatic carbocycles. The van der Waals surface area contributed by atoms with Gasteiger partial charge in [0.15, 0.2) is 0 Å². The van der Waals surface area contributed by atoms with Crippen LogP contribution in [0.4, 0.5) is 0 Å². The highest BCUT2D eigenvalue weighted by atomic mass is 79.9. The lowest BCUT2D eigenvalue weighted by Crippen LogP contribution is -2.43. The molecule has 4 unspecified atom stereocenters. The van der Waals surface area contributed by atoms with Gasteiger partial charge < -0.3 is 21.1 Å². The van der Waals surface area contributed by atoms with E-state index in [0.29, 0.717) is 0 Å². The second-order valence-corrected chi connectivity index (χ2v) is 8.49. The summed E-state index contributed by atoms with van der Waals surface area (Å²) in [6, 6.07) is 5.97. The second kappa shape index (κ2) is 9.45. The first-order valence-electron chi connectivity index (χ1n) is 7.53. The van der Waals surface area contributed by atoms with E-state index in [1.54, 1.807) is 24.3 Å². The van der Waals surface area contributed by atoms with Gasteiger partial charge in [0, 0.05) is 4.47 Å². The number of benzene rings is 1. The van der Waals surface area contributed by atoms with Gasteiger partial charge in [-0.1, -0.05) is 28.1 Å². The van der Waals surface area contributed by atoms with E-state index in [4.69, 9.17) is 15.4 Å². The van der Waals surface area contributed by atoms with Crippen LogP contribution in [-0.4, -0.2) is 40.3 Å². The van der Waals surface area contributed by atoms with Gasteiger partial charge in [-0.2, -0.15) is 0 Å². The molecule has 0 saturated heterocycles. The van der Waals surface area contributed by atoms with Crippen molar-refractivity contribution < 1.29 is 28.7 Å². The van der Waals surface area contributed by atoms with Gasteiger partial charge >= 0.3 is 13.6 Å². The van der Waals surface area contributed by atoms with Crippen molar-refractivity contribution in [1.29, 1.82) is 0 Å². The van der Waals surface area contributed by atoms with Gasteiger partial charge in [0.05, 0.1) is 12.1 Å². The number of hydrogen-bond acceptors (Lipinski definition) is 5. The highest BCUT2D eigenvalue weighted by Gasteiger charge is 2.32. The number of halogens is 1. The third kappa shape index (κ3) is 8.11. The van der Waals surface area contributed by atoms with E-state index in [0.717, 1.165) is 10.0 Å². The number of carbonyl (C=O) groups is 2. The Hall–Kier alpha value is -1.25. The molecule has 140 valence electrons. The lowest BCUT2D eigenvalue weighted by atomic mass is 10.00. The molecular formula is C15H22BrN2O6P. The fraction of sp³-hybridized carbons (Fsp3) is 0.467. The molecule has 8 nitrogen and oxygen atoms in total. The Balaban J connectivity index is 2.96. The van der Waals surface area contributed by atoms with E-state index >= 15 is 0 Å². The lowest BCUT2D eigenvalue weighted by Gasteiger charge is -2.22. The number of carbonyl (C=O) groups excluding carboxylic acids is 1. The zero-order chi connectivity index (χ0) is 19.2. The van der Waals surface area contributed by atoms with Crippen LogP contribution in [0.1, 0.15) is 19.4 Å². The third-order valence-electron chi connectivity index (χ3n) is 3.28. The van der Waals surface area contributed by atoms with Crippen molar-refractivity contribution in [3.05, 3.63) is 34.3 Å². The van der Waals surface area contributed by atoms with Crippen LogP contribution in [0.2, 0.25) is 0 Å². The summed E-state index contributed by atoms with van der Waals surface area (Å²) in [6.45, 7) is 2.72. The third-order valence-corrected chi connectivity index (χ3v) is 5.37. The fourth-order valence-electron chi connectivity index (χ4n) is 2.12. The molecule has 1 rings (SSSR count). The van der Waals surface area contributed by atoms with E-state index in [2.05, 4.69) is 21.2 Å². The molecule has 10 heteroatoms. The van der Waals surface area contributed by atoms with Gasteiger partial charge in [-0.05, 0) is 38.0 Å². The second-order valence-electron chi connectivity index (χ2n) is 5.73. The molecule has 0 radical (unpaired) electrons. The summed E-state index contributed by atoms with van der Waals surface area (Å²) in [5, 5.41) is 11.2. The summed E-state index contributed by atoms with van der Waals surface area (Å²) in [4.78, 5) is 33.2. The Bertz CT molecular complexity index is 652. The minimum atomic E-state index is -4.11. The molecule has 0 aromatic heterocycles. The zero-order valence-corrected chi connectivity index (χ0v) is 16.4. The average molecular weight is 437 g/mol. The van der Waals surface area contributed by atoms with Gasteiger partial charge in [0.25, 0.3) is 0 Å². The van der Waals surface area contributed by atoms with Gasteiger partial charge in [0.2, 0.25) is 5.91 Å². The monoisotopic (exact) mass is 436 g/mol. The minimum absolute atomic E-state index is 0.151. The molecular weight excluding hydrogens is 415 g/mol. The number of rotatable bonds is 9. The summed E-state index contributed by atoms with van der Waals surface area (Å²) in [5.41, 5.74) is 6.14. The Morgan fingerprint density at radius 1 is 1.32 bits per heavy atom. The molecule has 0 saturated carbocycles. The van der Waals surface area contributed by atoms with Crippen LogP contribution in [0, 0.1) is 5.92 Å². The van der Waals surface area contributed by atoms with Crippen LogP contribution >= 0.6 is 23.5 Å². The van der Waals surface area contributed by atoms with Crippen molar-refractivity contribution in [3.63, 3.8) is 0 Å². The Morgan fingerprint density at radius 3 is 2.36 bits per heavy atom. The van der Waals surface area contributed by atoms with Crippen LogP contribution in [0.3, 0.4) is 0 Å². The highest BCUT2D eigenvalue weighted by Crippen LogP contribution is 2.45. The molecule has 0 aliphatic heterocycles. The quantitative estimate of drug-likeness (QED) is 0.341. The summed E-state index contributed by atoms with van der Waals surface area (Å²) >= 11 is 3.30. The Labute approximate surface area is 154 Å². The summed E-state index contributed by atoms with van der Waals surface area (Å²) < 4.78 is 17.8. The number of hydrogen-bond donors (Lipinski definition) is 4. The molecule has 4 atom stereocenters. The van der Waals surface area contributed by atoms with Gasteiger partial charge in [0.1, 0.15) is 12.3 Å². The smallest absolute Gasteiger partial charge is 0.330 e. The fourth-order valence-corrected chi connectivity index (χ4v) is 3.84. The van der Waals surface area contributed by atoms with Crippen LogP contribution in [0.5, 0.6) is 0 Å². The first-order chi connectivity index (χ1) is 11.5. The van der Waals surface area contributed by atoms with Crippen LogP contribution in [-0.2, 0) is 25.1 Å². The predicted molar refractivity (Wildman–Crippen MR) is 96.0 cm³/mol. The van der Waals surface area contributed by atoms with Crippen LogP contribution in [0.15, 0.2) is 28.7 Å². The maximum Gasteiger partial charge on any atom is 0.330 e. The van der Waals surface area contributed by atoms with Gasteiger partial charge in [-0.25, -0.2) is 0 Å². The van der Waals surface area contributed by atoms with Crippen molar-refractivity contribution in [2.75, 3.05) is 6.16 Å². The highest BCUT2D eigenvalue weighted by molar-refractivity contribution is 9.10. The topological polar surface area (TPSA) is 139 Å². The Kier molecular flexibility index (Phi) is 8.24. The molecule has 0 fully saturated rings. The van der Waals surface area contributed by atoms with Gasteiger partial charge in [-0.15, -0.1) is 0 Å².